The minimum atomic E-state index is 0.426. The van der Waals surface area contributed by atoms with Crippen molar-refractivity contribution in [3.05, 3.63) is 98.5 Å². The second-order valence-electron chi connectivity index (χ2n) is 5.97. The first-order chi connectivity index (χ1) is 13.6. The summed E-state index contributed by atoms with van der Waals surface area (Å²) < 4.78 is 6.64. The van der Waals surface area contributed by atoms with E-state index in [-0.39, 0.29) is 0 Å². The lowest BCUT2D eigenvalue weighted by molar-refractivity contribution is 0.304. The molecule has 0 aliphatic heterocycles. The summed E-state index contributed by atoms with van der Waals surface area (Å²) in [7, 11) is 0. The third-order valence-electron chi connectivity index (χ3n) is 4.00. The van der Waals surface area contributed by atoms with E-state index in [9.17, 15) is 5.26 Å². The molecule has 0 radical (unpaired) electrons. The van der Waals surface area contributed by atoms with Gasteiger partial charge in [-0.2, -0.15) is 10.5 Å². The van der Waals surface area contributed by atoms with E-state index >= 15 is 0 Å². The number of ether oxygens (including phenoxy) is 1. The fourth-order valence-corrected chi connectivity index (χ4v) is 3.21. The van der Waals surface area contributed by atoms with E-state index in [0.717, 1.165) is 15.6 Å². The van der Waals surface area contributed by atoms with Crippen LogP contribution in [0.15, 0.2) is 71.2 Å². The van der Waals surface area contributed by atoms with Gasteiger partial charge in [-0.25, -0.2) is 0 Å². The van der Waals surface area contributed by atoms with Gasteiger partial charge in [0.25, 0.3) is 0 Å². The summed E-state index contributed by atoms with van der Waals surface area (Å²) in [6.07, 6.45) is 1.78. The standard InChI is InChI=1S/C23H14BrClN2O/c24-22-12-17(10-20(14-27)19-3-1-2-18(11-19)13-26)6-9-23(22)28-15-16-4-7-21(25)8-5-16/h1-12H,15H2. The molecule has 3 nitrogen and oxygen atoms in total. The van der Waals surface area contributed by atoms with E-state index in [1.165, 1.54) is 0 Å². The maximum Gasteiger partial charge on any atom is 0.134 e. The van der Waals surface area contributed by atoms with Gasteiger partial charge in [-0.15, -0.1) is 0 Å². The molecule has 0 amide bonds. The lowest BCUT2D eigenvalue weighted by Crippen LogP contribution is -1.96. The molecule has 0 aliphatic rings. The predicted molar refractivity (Wildman–Crippen MR) is 115 cm³/mol. The summed E-state index contributed by atoms with van der Waals surface area (Å²) in [6, 6.07) is 24.4. The number of nitrogens with zero attached hydrogens (tertiary/aromatic N) is 2. The normalized spacial score (nSPS) is 10.8. The van der Waals surface area contributed by atoms with Crippen molar-refractivity contribution in [1.29, 1.82) is 10.5 Å². The molecule has 0 saturated heterocycles. The summed E-state index contributed by atoms with van der Waals surface area (Å²) >= 11 is 9.42. The summed E-state index contributed by atoms with van der Waals surface area (Å²) in [5, 5.41) is 19.2. The van der Waals surface area contributed by atoms with Crippen molar-refractivity contribution < 1.29 is 4.74 Å². The summed E-state index contributed by atoms with van der Waals surface area (Å²) in [5.74, 6) is 0.706. The Morgan fingerprint density at radius 3 is 2.50 bits per heavy atom. The minimum absolute atomic E-state index is 0.426. The average Bonchev–Trinajstić information content (AvgIpc) is 2.72. The molecule has 3 aromatic rings. The van der Waals surface area contributed by atoms with Gasteiger partial charge in [0.1, 0.15) is 12.4 Å². The Balaban J connectivity index is 1.78. The molecule has 5 heteroatoms. The zero-order chi connectivity index (χ0) is 19.9. The zero-order valence-corrected chi connectivity index (χ0v) is 17.0. The van der Waals surface area contributed by atoms with Gasteiger partial charge < -0.3 is 4.74 Å². The fourth-order valence-electron chi connectivity index (χ4n) is 2.57. The van der Waals surface area contributed by atoms with Gasteiger partial charge in [-0.05, 0) is 75.1 Å². The fraction of sp³-hybridized carbons (Fsp3) is 0.0435. The highest BCUT2D eigenvalue weighted by atomic mass is 79.9. The highest BCUT2D eigenvalue weighted by molar-refractivity contribution is 9.10. The van der Waals surface area contributed by atoms with E-state index in [1.54, 1.807) is 24.3 Å². The van der Waals surface area contributed by atoms with Crippen LogP contribution in [0.3, 0.4) is 0 Å². The predicted octanol–water partition coefficient (Wildman–Crippen LogP) is 6.62. The molecule has 0 saturated carbocycles. The molecule has 0 N–H and O–H groups in total. The van der Waals surface area contributed by atoms with Crippen molar-refractivity contribution in [2.45, 2.75) is 6.61 Å². The smallest absolute Gasteiger partial charge is 0.134 e. The van der Waals surface area contributed by atoms with Gasteiger partial charge >= 0.3 is 0 Å². The van der Waals surface area contributed by atoms with Crippen molar-refractivity contribution in [3.8, 4) is 17.9 Å². The van der Waals surface area contributed by atoms with Gasteiger partial charge in [0.05, 0.1) is 27.7 Å². The van der Waals surface area contributed by atoms with Crippen molar-refractivity contribution in [1.82, 2.24) is 0 Å². The molecular weight excluding hydrogens is 436 g/mol. The molecule has 0 atom stereocenters. The second kappa shape index (κ2) is 9.24. The molecule has 3 aromatic carbocycles. The SMILES string of the molecule is N#CC(=Cc1ccc(OCc2ccc(Cl)cc2)c(Br)c1)c1cccc(C#N)c1. The number of rotatable bonds is 5. The Bertz CT molecular complexity index is 1110. The summed E-state index contributed by atoms with van der Waals surface area (Å²) in [4.78, 5) is 0. The maximum atomic E-state index is 9.51. The Hall–Kier alpha value is -3.05. The average molecular weight is 450 g/mol. The van der Waals surface area contributed by atoms with E-state index in [0.29, 0.717) is 34.1 Å². The highest BCUT2D eigenvalue weighted by Gasteiger charge is 2.06. The van der Waals surface area contributed by atoms with E-state index in [2.05, 4.69) is 28.1 Å². The van der Waals surface area contributed by atoms with Crippen LogP contribution in [-0.2, 0) is 6.61 Å². The summed E-state index contributed by atoms with van der Waals surface area (Å²) in [6.45, 7) is 0.426. The lowest BCUT2D eigenvalue weighted by atomic mass is 10.0. The number of hydrogen-bond acceptors (Lipinski definition) is 3. The Morgan fingerprint density at radius 2 is 1.82 bits per heavy atom. The number of halogens is 2. The van der Waals surface area contributed by atoms with Gasteiger partial charge in [-0.1, -0.05) is 41.9 Å². The van der Waals surface area contributed by atoms with Crippen molar-refractivity contribution >= 4 is 39.2 Å². The minimum Gasteiger partial charge on any atom is -0.488 e. The van der Waals surface area contributed by atoms with Crippen LogP contribution in [0, 0.1) is 22.7 Å². The van der Waals surface area contributed by atoms with Crippen LogP contribution >= 0.6 is 27.5 Å². The van der Waals surface area contributed by atoms with Crippen LogP contribution < -0.4 is 4.74 Å². The van der Waals surface area contributed by atoms with E-state index < -0.39 is 0 Å². The van der Waals surface area contributed by atoms with E-state index in [4.69, 9.17) is 21.6 Å². The first-order valence-corrected chi connectivity index (χ1v) is 9.55. The van der Waals surface area contributed by atoms with Gasteiger partial charge in [0.15, 0.2) is 0 Å². The van der Waals surface area contributed by atoms with Crippen LogP contribution in [0.4, 0.5) is 0 Å². The molecule has 28 heavy (non-hydrogen) atoms. The molecule has 0 heterocycles. The van der Waals surface area contributed by atoms with Gasteiger partial charge in [0.2, 0.25) is 0 Å². The number of allylic oxidation sites excluding steroid dienone is 1. The van der Waals surface area contributed by atoms with Crippen molar-refractivity contribution in [3.63, 3.8) is 0 Å². The van der Waals surface area contributed by atoms with Crippen molar-refractivity contribution in [2.24, 2.45) is 0 Å². The Morgan fingerprint density at radius 1 is 1.04 bits per heavy atom. The van der Waals surface area contributed by atoms with Crippen LogP contribution in [0.25, 0.3) is 11.6 Å². The molecular formula is C23H14BrClN2O. The number of benzene rings is 3. The molecule has 0 fully saturated rings. The first kappa shape index (κ1) is 19.7. The number of hydrogen-bond donors (Lipinski definition) is 0. The lowest BCUT2D eigenvalue weighted by Gasteiger charge is -2.09. The molecule has 0 aromatic heterocycles. The van der Waals surface area contributed by atoms with Crippen molar-refractivity contribution in [2.75, 3.05) is 0 Å². The topological polar surface area (TPSA) is 56.8 Å². The Kier molecular flexibility index (Phi) is 6.50. The van der Waals surface area contributed by atoms with Gasteiger partial charge in [0, 0.05) is 5.02 Å². The van der Waals surface area contributed by atoms with Crippen LogP contribution in [0.1, 0.15) is 22.3 Å². The molecule has 0 aliphatic carbocycles. The second-order valence-corrected chi connectivity index (χ2v) is 7.26. The van der Waals surface area contributed by atoms with Gasteiger partial charge in [-0.3, -0.25) is 0 Å². The highest BCUT2D eigenvalue weighted by Crippen LogP contribution is 2.29. The molecule has 0 bridgehead atoms. The van der Waals surface area contributed by atoms with Crippen LogP contribution in [0.2, 0.25) is 5.02 Å². The maximum absolute atomic E-state index is 9.51. The summed E-state index contributed by atoms with van der Waals surface area (Å²) in [5.41, 5.74) is 3.58. The number of nitriles is 2. The largest absolute Gasteiger partial charge is 0.488 e. The van der Waals surface area contributed by atoms with E-state index in [1.807, 2.05) is 48.5 Å². The first-order valence-electron chi connectivity index (χ1n) is 8.38. The molecule has 0 spiro atoms. The third kappa shape index (κ3) is 5.02. The zero-order valence-electron chi connectivity index (χ0n) is 14.7. The molecule has 3 rings (SSSR count). The molecule has 136 valence electrons. The quantitative estimate of drug-likeness (QED) is 0.325. The van der Waals surface area contributed by atoms with Crippen LogP contribution in [-0.4, -0.2) is 0 Å². The molecule has 0 unspecified atom stereocenters. The Labute approximate surface area is 177 Å². The monoisotopic (exact) mass is 448 g/mol. The third-order valence-corrected chi connectivity index (χ3v) is 4.87. The van der Waals surface area contributed by atoms with Crippen LogP contribution in [0.5, 0.6) is 5.75 Å².